The molecule has 1 aromatic carbocycles. The second-order valence-electron chi connectivity index (χ2n) is 8.31. The maximum absolute atomic E-state index is 13.7. The second-order valence-corrected chi connectivity index (χ2v) is 9.22. The van der Waals surface area contributed by atoms with E-state index in [9.17, 15) is 14.0 Å². The Morgan fingerprint density at radius 2 is 2.17 bits per heavy atom. The van der Waals surface area contributed by atoms with Gasteiger partial charge in [0.2, 0.25) is 0 Å². The van der Waals surface area contributed by atoms with Gasteiger partial charge in [-0.2, -0.15) is 0 Å². The summed E-state index contributed by atoms with van der Waals surface area (Å²) in [6, 6.07) is 6.04. The number of rotatable bonds is 5. The summed E-state index contributed by atoms with van der Waals surface area (Å²) in [6.07, 6.45) is 4.64. The predicted octanol–water partition coefficient (Wildman–Crippen LogP) is 4.79. The number of hydrogen-bond donors (Lipinski definition) is 1. The highest BCUT2D eigenvalue weighted by Crippen LogP contribution is 2.38. The van der Waals surface area contributed by atoms with Crippen LogP contribution in [0.2, 0.25) is 0 Å². The fraction of sp³-hybridized carbons (Fsp3) is 0.478. The summed E-state index contributed by atoms with van der Waals surface area (Å²) in [5, 5.41) is 1.08. The molecule has 160 valence electrons. The van der Waals surface area contributed by atoms with E-state index in [-0.39, 0.29) is 12.6 Å². The Balaban J connectivity index is 1.71. The molecule has 2 aliphatic rings. The molecular formula is C23H26BrFN2O3. The first-order valence-corrected chi connectivity index (χ1v) is 11.3. The Hall–Kier alpha value is -2.15. The highest BCUT2D eigenvalue weighted by Gasteiger charge is 2.37. The van der Waals surface area contributed by atoms with Gasteiger partial charge in [0.15, 0.2) is 0 Å². The summed E-state index contributed by atoms with van der Waals surface area (Å²) in [5.41, 5.74) is 2.72. The number of aromatic amines is 1. The molecule has 0 radical (unpaired) electrons. The molecule has 30 heavy (non-hydrogen) atoms. The van der Waals surface area contributed by atoms with Crippen LogP contribution in [-0.4, -0.2) is 48.0 Å². The van der Waals surface area contributed by atoms with Crippen molar-refractivity contribution in [2.45, 2.75) is 45.2 Å². The van der Waals surface area contributed by atoms with E-state index in [0.717, 1.165) is 39.3 Å². The Bertz CT molecular complexity index is 992. The van der Waals surface area contributed by atoms with E-state index >= 15 is 0 Å². The van der Waals surface area contributed by atoms with Crippen LogP contribution >= 0.6 is 15.9 Å². The first kappa shape index (κ1) is 21.1. The zero-order chi connectivity index (χ0) is 21.3. The lowest BCUT2D eigenvalue weighted by atomic mass is 9.74. The van der Waals surface area contributed by atoms with E-state index in [2.05, 4.69) is 20.9 Å². The number of aromatic nitrogens is 1. The largest absolute Gasteiger partial charge is 0.462 e. The number of fused-ring (bicyclic) bond motifs is 3. The van der Waals surface area contributed by atoms with Crippen molar-refractivity contribution in [2.24, 2.45) is 5.41 Å². The summed E-state index contributed by atoms with van der Waals surface area (Å²) < 4.78 is 20.0. The van der Waals surface area contributed by atoms with Gasteiger partial charge in [-0.1, -0.05) is 22.0 Å². The maximum Gasteiger partial charge on any atom is 0.341 e. The van der Waals surface area contributed by atoms with Crippen molar-refractivity contribution in [3.8, 4) is 0 Å². The summed E-state index contributed by atoms with van der Waals surface area (Å²) >= 11 is 3.50. The highest BCUT2D eigenvalue weighted by molar-refractivity contribution is 9.10. The van der Waals surface area contributed by atoms with E-state index in [1.807, 2.05) is 29.3 Å². The Morgan fingerprint density at radius 3 is 2.87 bits per heavy atom. The lowest BCUT2D eigenvalue weighted by Crippen LogP contribution is -2.40. The molecule has 0 unspecified atom stereocenters. The maximum atomic E-state index is 13.7. The summed E-state index contributed by atoms with van der Waals surface area (Å²) in [7, 11) is 0. The third-order valence-electron chi connectivity index (χ3n) is 6.27. The zero-order valence-corrected chi connectivity index (χ0v) is 18.6. The molecular weight excluding hydrogens is 451 g/mol. The van der Waals surface area contributed by atoms with E-state index in [1.54, 1.807) is 6.92 Å². The molecule has 2 heterocycles. The minimum Gasteiger partial charge on any atom is -0.462 e. The van der Waals surface area contributed by atoms with Crippen LogP contribution in [0.25, 0.3) is 16.5 Å². The van der Waals surface area contributed by atoms with Crippen LogP contribution in [0.5, 0.6) is 0 Å². The van der Waals surface area contributed by atoms with Gasteiger partial charge in [-0.05, 0) is 56.7 Å². The van der Waals surface area contributed by atoms with Crippen molar-refractivity contribution in [1.82, 2.24) is 9.88 Å². The molecule has 7 heteroatoms. The number of alkyl halides is 1. The second kappa shape index (κ2) is 8.53. The van der Waals surface area contributed by atoms with Crippen LogP contribution in [0.4, 0.5) is 4.39 Å². The molecule has 2 aromatic rings. The number of carbonyl (C=O) groups excluding carboxylic acids is 2. The molecule has 0 spiro atoms. The Morgan fingerprint density at radius 1 is 1.40 bits per heavy atom. The van der Waals surface area contributed by atoms with E-state index in [4.69, 9.17) is 4.74 Å². The quantitative estimate of drug-likeness (QED) is 0.497. The van der Waals surface area contributed by atoms with E-state index in [1.165, 1.54) is 0 Å². The van der Waals surface area contributed by atoms with Gasteiger partial charge in [-0.25, -0.2) is 9.18 Å². The van der Waals surface area contributed by atoms with Crippen molar-refractivity contribution in [2.75, 3.05) is 19.7 Å². The minimum absolute atomic E-state index is 0.285. The first-order chi connectivity index (χ1) is 14.4. The zero-order valence-electron chi connectivity index (χ0n) is 17.0. The van der Waals surface area contributed by atoms with Gasteiger partial charge in [0.1, 0.15) is 12.5 Å². The van der Waals surface area contributed by atoms with Crippen LogP contribution in [-0.2, 0) is 20.7 Å². The molecule has 1 aliphatic heterocycles. The number of carbonyl (C=O) groups is 2. The van der Waals surface area contributed by atoms with Crippen molar-refractivity contribution in [1.29, 1.82) is 0 Å². The van der Waals surface area contributed by atoms with Crippen LogP contribution in [0.1, 0.15) is 43.9 Å². The van der Waals surface area contributed by atoms with Crippen LogP contribution in [0.3, 0.4) is 0 Å². The molecule has 1 N–H and O–H groups in total. The van der Waals surface area contributed by atoms with Crippen molar-refractivity contribution >= 4 is 44.7 Å². The number of esters is 1. The van der Waals surface area contributed by atoms with Gasteiger partial charge < -0.3 is 19.4 Å². The third kappa shape index (κ3) is 4.04. The van der Waals surface area contributed by atoms with Gasteiger partial charge in [0.25, 0.3) is 0 Å². The molecule has 4 rings (SSSR count). The van der Waals surface area contributed by atoms with Gasteiger partial charge in [-0.3, -0.25) is 0 Å². The summed E-state index contributed by atoms with van der Waals surface area (Å²) in [6.45, 7) is 3.23. The molecule has 1 fully saturated rings. The average molecular weight is 477 g/mol. The molecule has 0 amide bonds. The number of H-pyrrole nitrogens is 1. The molecule has 0 bridgehead atoms. The Kier molecular flexibility index (Phi) is 6.00. The third-order valence-corrected chi connectivity index (χ3v) is 6.77. The number of nitrogens with zero attached hydrogens (tertiary/aromatic N) is 1. The number of nitrogens with one attached hydrogen (secondary N) is 1. The number of halogens is 2. The molecule has 1 aromatic heterocycles. The van der Waals surface area contributed by atoms with Gasteiger partial charge in [-0.15, -0.1) is 0 Å². The normalized spacial score (nSPS) is 24.2. The first-order valence-electron chi connectivity index (χ1n) is 10.5. The minimum atomic E-state index is -0.821. The van der Waals surface area contributed by atoms with E-state index in [0.29, 0.717) is 44.3 Å². The van der Waals surface area contributed by atoms with Crippen molar-refractivity contribution in [3.05, 3.63) is 40.1 Å². The van der Waals surface area contributed by atoms with Crippen molar-refractivity contribution < 1.29 is 18.7 Å². The molecule has 0 saturated heterocycles. The van der Waals surface area contributed by atoms with Crippen LogP contribution < -0.4 is 0 Å². The molecule has 5 nitrogen and oxygen atoms in total. The smallest absolute Gasteiger partial charge is 0.341 e. The summed E-state index contributed by atoms with van der Waals surface area (Å²) in [4.78, 5) is 30.2. The molecule has 1 saturated carbocycles. The van der Waals surface area contributed by atoms with Crippen LogP contribution in [0.15, 0.2) is 28.9 Å². The number of aldehydes is 1. The van der Waals surface area contributed by atoms with E-state index < -0.39 is 11.6 Å². The number of benzene rings is 1. The molecule has 1 aliphatic carbocycles. The fourth-order valence-electron chi connectivity index (χ4n) is 4.65. The lowest BCUT2D eigenvalue weighted by Gasteiger charge is -2.37. The van der Waals surface area contributed by atoms with Crippen LogP contribution in [0, 0.1) is 5.41 Å². The van der Waals surface area contributed by atoms with Crippen molar-refractivity contribution in [3.63, 3.8) is 0 Å². The lowest BCUT2D eigenvalue weighted by molar-refractivity contribution is -0.136. The SMILES string of the molecule is CCOC(=O)C1=CN(CC2(C=O)CCC(F)CC2)CCc2c1[nH]c1cc(Br)ccc21. The standard InChI is InChI=1S/C23H26BrFN2O3/c1-2-30-22(29)19-12-27(13-23(14-28)8-5-16(25)6-9-23)10-7-18-17-4-3-15(24)11-20(17)26-21(18)19/h3-4,11-12,14,16,26H,2,5-10,13H2,1H3. The van der Waals surface area contributed by atoms with Gasteiger partial charge in [0, 0.05) is 40.1 Å². The fourth-order valence-corrected chi connectivity index (χ4v) is 5.01. The molecule has 0 atom stereocenters. The Labute approximate surface area is 183 Å². The van der Waals surface area contributed by atoms with Gasteiger partial charge >= 0.3 is 5.97 Å². The predicted molar refractivity (Wildman–Crippen MR) is 118 cm³/mol. The average Bonchev–Trinajstić information content (AvgIpc) is 2.99. The highest BCUT2D eigenvalue weighted by atomic mass is 79.9. The monoisotopic (exact) mass is 476 g/mol. The number of ether oxygens (including phenoxy) is 1. The summed E-state index contributed by atoms with van der Waals surface area (Å²) in [5.74, 6) is -0.385. The number of hydrogen-bond acceptors (Lipinski definition) is 4. The van der Waals surface area contributed by atoms with Gasteiger partial charge in [0.05, 0.1) is 17.9 Å². The topological polar surface area (TPSA) is 62.4 Å².